The van der Waals surface area contributed by atoms with Crippen LogP contribution in [0.2, 0.25) is 0 Å². The van der Waals surface area contributed by atoms with Crippen molar-refractivity contribution >= 4 is 23.0 Å². The quantitative estimate of drug-likeness (QED) is 0.343. The van der Waals surface area contributed by atoms with Crippen molar-refractivity contribution in [1.29, 1.82) is 0 Å². The Kier molecular flexibility index (Phi) is 4.78. The molecule has 0 amide bonds. The third-order valence-electron chi connectivity index (χ3n) is 0.710. The molecular formula is C5H11N3OS. The molecule has 0 rings (SSSR count). The van der Waals surface area contributed by atoms with Crippen molar-refractivity contribution in [2.75, 3.05) is 13.7 Å². The second kappa shape index (κ2) is 5.13. The van der Waals surface area contributed by atoms with Crippen LogP contribution in [0.25, 0.3) is 0 Å². The van der Waals surface area contributed by atoms with Gasteiger partial charge in [0, 0.05) is 7.11 Å². The van der Waals surface area contributed by atoms with Crippen molar-refractivity contribution < 1.29 is 4.74 Å². The molecule has 0 radical (unpaired) electrons. The van der Waals surface area contributed by atoms with Crippen LogP contribution in [-0.4, -0.2) is 24.5 Å². The van der Waals surface area contributed by atoms with Gasteiger partial charge in [-0.05, 0) is 19.1 Å². The molecule has 0 saturated heterocycles. The van der Waals surface area contributed by atoms with Crippen LogP contribution < -0.4 is 11.2 Å². The summed E-state index contributed by atoms with van der Waals surface area (Å²) in [7, 11) is 1.60. The van der Waals surface area contributed by atoms with Crippen LogP contribution in [0.4, 0.5) is 0 Å². The number of hydrogen-bond donors (Lipinski definition) is 2. The molecule has 0 fully saturated rings. The topological polar surface area (TPSA) is 59.6 Å². The van der Waals surface area contributed by atoms with Gasteiger partial charge in [-0.25, -0.2) is 0 Å². The maximum Gasteiger partial charge on any atom is 0.184 e. The minimum Gasteiger partial charge on any atom is -0.379 e. The molecule has 0 saturated carbocycles. The molecule has 0 spiro atoms. The molecule has 0 aliphatic rings. The molecular weight excluding hydrogens is 150 g/mol. The summed E-state index contributed by atoms with van der Waals surface area (Å²) in [5.74, 6) is 0. The Morgan fingerprint density at radius 1 is 1.80 bits per heavy atom. The van der Waals surface area contributed by atoms with E-state index in [0.29, 0.717) is 6.61 Å². The van der Waals surface area contributed by atoms with Crippen molar-refractivity contribution in [1.82, 2.24) is 5.43 Å². The molecule has 0 aromatic rings. The first-order chi connectivity index (χ1) is 4.66. The van der Waals surface area contributed by atoms with E-state index in [1.54, 1.807) is 7.11 Å². The van der Waals surface area contributed by atoms with Gasteiger partial charge in [-0.3, -0.25) is 5.43 Å². The van der Waals surface area contributed by atoms with E-state index in [-0.39, 0.29) is 5.11 Å². The lowest BCUT2D eigenvalue weighted by Gasteiger charge is -1.98. The second-order valence-corrected chi connectivity index (χ2v) is 2.20. The predicted octanol–water partition coefficient (Wildman–Crippen LogP) is -0.158. The van der Waals surface area contributed by atoms with E-state index >= 15 is 0 Å². The Morgan fingerprint density at radius 3 is 2.80 bits per heavy atom. The van der Waals surface area contributed by atoms with Crippen LogP contribution in [0.3, 0.4) is 0 Å². The monoisotopic (exact) mass is 161 g/mol. The van der Waals surface area contributed by atoms with E-state index in [4.69, 9.17) is 10.5 Å². The largest absolute Gasteiger partial charge is 0.379 e. The summed E-state index contributed by atoms with van der Waals surface area (Å²) in [6.07, 6.45) is 0. The normalized spacial score (nSPS) is 11.2. The minimum atomic E-state index is 0.162. The summed E-state index contributed by atoms with van der Waals surface area (Å²) < 4.78 is 4.78. The standard InChI is InChI=1S/C5H11N3OS/c1-4(3-9-2)7-8-5(6)10/h3H2,1-2H3,(H3,6,8,10). The highest BCUT2D eigenvalue weighted by Crippen LogP contribution is 1.74. The van der Waals surface area contributed by atoms with Crippen LogP contribution in [0.15, 0.2) is 5.10 Å². The number of ether oxygens (including phenoxy) is 1. The predicted molar refractivity (Wildman–Crippen MR) is 44.9 cm³/mol. The Hall–Kier alpha value is -0.680. The van der Waals surface area contributed by atoms with Gasteiger partial charge in [0.25, 0.3) is 0 Å². The Morgan fingerprint density at radius 2 is 2.40 bits per heavy atom. The molecule has 5 heteroatoms. The second-order valence-electron chi connectivity index (χ2n) is 1.76. The molecule has 0 unspecified atom stereocenters. The van der Waals surface area contributed by atoms with E-state index in [9.17, 15) is 0 Å². The number of rotatable bonds is 3. The van der Waals surface area contributed by atoms with Gasteiger partial charge in [0.1, 0.15) is 0 Å². The Balaban J connectivity index is 3.57. The van der Waals surface area contributed by atoms with Gasteiger partial charge < -0.3 is 10.5 Å². The molecule has 10 heavy (non-hydrogen) atoms. The van der Waals surface area contributed by atoms with Gasteiger partial charge in [0.2, 0.25) is 0 Å². The van der Waals surface area contributed by atoms with Gasteiger partial charge in [-0.2, -0.15) is 5.10 Å². The fourth-order valence-electron chi connectivity index (χ4n) is 0.392. The summed E-state index contributed by atoms with van der Waals surface area (Å²) >= 11 is 4.52. The van der Waals surface area contributed by atoms with E-state index in [1.807, 2.05) is 6.92 Å². The van der Waals surface area contributed by atoms with Crippen molar-refractivity contribution in [2.45, 2.75) is 6.92 Å². The van der Waals surface area contributed by atoms with E-state index in [0.717, 1.165) is 5.71 Å². The summed E-state index contributed by atoms with van der Waals surface area (Å²) in [5, 5.41) is 3.95. The highest BCUT2D eigenvalue weighted by molar-refractivity contribution is 7.80. The van der Waals surface area contributed by atoms with Gasteiger partial charge in [0.15, 0.2) is 5.11 Å². The van der Waals surface area contributed by atoms with Crippen molar-refractivity contribution in [3.05, 3.63) is 0 Å². The number of thiocarbonyl (C=S) groups is 1. The number of hydrogen-bond acceptors (Lipinski definition) is 3. The molecule has 0 aromatic carbocycles. The molecule has 4 nitrogen and oxygen atoms in total. The fraction of sp³-hybridized carbons (Fsp3) is 0.600. The average Bonchev–Trinajstić information content (AvgIpc) is 1.85. The number of hydrazone groups is 1. The molecule has 3 N–H and O–H groups in total. The van der Waals surface area contributed by atoms with Crippen LogP contribution in [-0.2, 0) is 4.74 Å². The molecule has 0 atom stereocenters. The highest BCUT2D eigenvalue weighted by Gasteiger charge is 1.87. The average molecular weight is 161 g/mol. The van der Waals surface area contributed by atoms with Crippen molar-refractivity contribution in [2.24, 2.45) is 10.8 Å². The highest BCUT2D eigenvalue weighted by atomic mass is 32.1. The lowest BCUT2D eigenvalue weighted by atomic mass is 10.5. The van der Waals surface area contributed by atoms with E-state index in [2.05, 4.69) is 22.7 Å². The summed E-state index contributed by atoms with van der Waals surface area (Å²) in [6, 6.07) is 0. The minimum absolute atomic E-state index is 0.162. The van der Waals surface area contributed by atoms with Gasteiger partial charge in [0.05, 0.1) is 12.3 Å². The van der Waals surface area contributed by atoms with Crippen LogP contribution in [0, 0.1) is 0 Å². The van der Waals surface area contributed by atoms with Crippen LogP contribution in [0.5, 0.6) is 0 Å². The van der Waals surface area contributed by atoms with Crippen molar-refractivity contribution in [3.63, 3.8) is 0 Å². The lowest BCUT2D eigenvalue weighted by molar-refractivity contribution is 0.244. The smallest absolute Gasteiger partial charge is 0.184 e. The summed E-state index contributed by atoms with van der Waals surface area (Å²) in [6.45, 7) is 2.30. The molecule has 0 bridgehead atoms. The van der Waals surface area contributed by atoms with Crippen LogP contribution in [0.1, 0.15) is 6.92 Å². The van der Waals surface area contributed by atoms with Gasteiger partial charge >= 0.3 is 0 Å². The van der Waals surface area contributed by atoms with E-state index < -0.39 is 0 Å². The van der Waals surface area contributed by atoms with Gasteiger partial charge in [-0.1, -0.05) is 0 Å². The first kappa shape index (κ1) is 9.32. The lowest BCUT2D eigenvalue weighted by Crippen LogP contribution is -2.25. The summed E-state index contributed by atoms with van der Waals surface area (Å²) in [5.41, 5.74) is 8.36. The Bertz CT molecular complexity index is 146. The third kappa shape index (κ3) is 5.46. The summed E-state index contributed by atoms with van der Waals surface area (Å²) in [4.78, 5) is 0. The maximum absolute atomic E-state index is 5.11. The zero-order chi connectivity index (χ0) is 7.98. The zero-order valence-electron chi connectivity index (χ0n) is 6.05. The first-order valence-corrected chi connectivity index (χ1v) is 3.15. The number of nitrogens with one attached hydrogen (secondary N) is 1. The number of nitrogens with two attached hydrogens (primary N) is 1. The number of methoxy groups -OCH3 is 1. The van der Waals surface area contributed by atoms with Crippen molar-refractivity contribution in [3.8, 4) is 0 Å². The maximum atomic E-state index is 5.11. The fourth-order valence-corrected chi connectivity index (χ4v) is 0.437. The molecule has 0 aliphatic heterocycles. The van der Waals surface area contributed by atoms with Crippen LogP contribution >= 0.6 is 12.2 Å². The third-order valence-corrected chi connectivity index (χ3v) is 0.801. The SMILES string of the molecule is COCC(C)=NNC(N)=S. The van der Waals surface area contributed by atoms with Gasteiger partial charge in [-0.15, -0.1) is 0 Å². The molecule has 0 heterocycles. The molecule has 0 aliphatic carbocycles. The zero-order valence-corrected chi connectivity index (χ0v) is 6.86. The number of nitrogens with zero attached hydrogens (tertiary/aromatic N) is 1. The first-order valence-electron chi connectivity index (χ1n) is 2.74. The van der Waals surface area contributed by atoms with E-state index in [1.165, 1.54) is 0 Å². The molecule has 58 valence electrons. The molecule has 0 aromatic heterocycles. The Labute approximate surface area is 65.4 Å².